The van der Waals surface area contributed by atoms with Crippen LogP contribution in [-0.4, -0.2) is 27.9 Å². The SMILES string of the molecule is C[C@H]1Cc2c(O)c3c(c(O)c2O1)[C@@]1(C)CCC(=O)C(C)(C)[C@@H]1CC3=O. The number of hydrogen-bond acceptors (Lipinski definition) is 5. The molecule has 4 rings (SSSR count). The van der Waals surface area contributed by atoms with Gasteiger partial charge in [0.25, 0.3) is 0 Å². The van der Waals surface area contributed by atoms with Gasteiger partial charge in [-0.15, -0.1) is 0 Å². The Morgan fingerprint density at radius 1 is 1.08 bits per heavy atom. The molecular formula is C20H24O5. The summed E-state index contributed by atoms with van der Waals surface area (Å²) in [5.41, 5.74) is 0.0324. The Hall–Kier alpha value is -2.04. The van der Waals surface area contributed by atoms with E-state index in [2.05, 4.69) is 0 Å². The molecule has 1 aromatic carbocycles. The molecule has 1 aromatic rings. The maximum atomic E-state index is 12.9. The molecule has 1 saturated carbocycles. The predicted octanol–water partition coefficient (Wildman–Crippen LogP) is 3.27. The number of carbonyl (C=O) groups is 2. The van der Waals surface area contributed by atoms with Crippen molar-refractivity contribution in [2.24, 2.45) is 11.3 Å². The Bertz CT molecular complexity index is 822. The molecule has 5 nitrogen and oxygen atoms in total. The average Bonchev–Trinajstić information content (AvgIpc) is 2.93. The number of rotatable bonds is 0. The first kappa shape index (κ1) is 16.4. The maximum absolute atomic E-state index is 12.9. The highest BCUT2D eigenvalue weighted by Crippen LogP contribution is 2.61. The van der Waals surface area contributed by atoms with Crippen molar-refractivity contribution in [2.75, 3.05) is 0 Å². The van der Waals surface area contributed by atoms with Gasteiger partial charge in [0.15, 0.2) is 17.3 Å². The second-order valence-electron chi connectivity index (χ2n) is 8.63. The highest BCUT2D eigenvalue weighted by molar-refractivity contribution is 6.05. The minimum Gasteiger partial charge on any atom is -0.507 e. The number of aromatic hydroxyl groups is 2. The van der Waals surface area contributed by atoms with Gasteiger partial charge in [-0.2, -0.15) is 0 Å². The van der Waals surface area contributed by atoms with E-state index in [9.17, 15) is 19.8 Å². The molecule has 134 valence electrons. The fraction of sp³-hybridized carbons (Fsp3) is 0.600. The summed E-state index contributed by atoms with van der Waals surface area (Å²) in [6.07, 6.45) is 1.49. The van der Waals surface area contributed by atoms with Crippen LogP contribution in [0.25, 0.3) is 0 Å². The zero-order chi connectivity index (χ0) is 18.3. The average molecular weight is 344 g/mol. The molecule has 1 heterocycles. The molecule has 0 radical (unpaired) electrons. The largest absolute Gasteiger partial charge is 0.507 e. The zero-order valence-electron chi connectivity index (χ0n) is 15.1. The van der Waals surface area contributed by atoms with E-state index >= 15 is 0 Å². The van der Waals surface area contributed by atoms with Crippen molar-refractivity contribution in [1.82, 2.24) is 0 Å². The molecule has 25 heavy (non-hydrogen) atoms. The van der Waals surface area contributed by atoms with Crippen LogP contribution in [0.1, 0.15) is 68.4 Å². The van der Waals surface area contributed by atoms with Crippen molar-refractivity contribution in [3.05, 3.63) is 16.7 Å². The Morgan fingerprint density at radius 2 is 1.76 bits per heavy atom. The van der Waals surface area contributed by atoms with Gasteiger partial charge < -0.3 is 14.9 Å². The second-order valence-corrected chi connectivity index (χ2v) is 8.63. The van der Waals surface area contributed by atoms with Crippen molar-refractivity contribution >= 4 is 11.6 Å². The van der Waals surface area contributed by atoms with Gasteiger partial charge in [-0.1, -0.05) is 20.8 Å². The zero-order valence-corrected chi connectivity index (χ0v) is 15.1. The van der Waals surface area contributed by atoms with Crippen molar-refractivity contribution in [3.63, 3.8) is 0 Å². The number of ketones is 2. The normalized spacial score (nSPS) is 32.6. The molecule has 0 unspecified atom stereocenters. The van der Waals surface area contributed by atoms with Gasteiger partial charge in [0.2, 0.25) is 0 Å². The van der Waals surface area contributed by atoms with Crippen LogP contribution in [-0.2, 0) is 16.6 Å². The van der Waals surface area contributed by atoms with Crippen LogP contribution in [0.3, 0.4) is 0 Å². The highest BCUT2D eigenvalue weighted by Gasteiger charge is 2.57. The molecule has 0 aromatic heterocycles. The summed E-state index contributed by atoms with van der Waals surface area (Å²) >= 11 is 0. The lowest BCUT2D eigenvalue weighted by Crippen LogP contribution is -2.53. The molecular weight excluding hydrogens is 320 g/mol. The standard InChI is InChI=1S/C20H24O5/c1-9-7-10-16(23)14-11(21)8-12-19(2,3)13(22)5-6-20(12,4)15(14)17(24)18(10)25-9/h9,12,23-24H,5-8H2,1-4H3/t9-,12-,20-/m0/s1. The third-order valence-electron chi connectivity index (χ3n) is 6.78. The van der Waals surface area contributed by atoms with E-state index in [0.717, 1.165) is 0 Å². The molecule has 2 aliphatic carbocycles. The van der Waals surface area contributed by atoms with Crippen LogP contribution < -0.4 is 4.74 Å². The van der Waals surface area contributed by atoms with Gasteiger partial charge in [-0.05, 0) is 19.3 Å². The summed E-state index contributed by atoms with van der Waals surface area (Å²) in [6.45, 7) is 7.64. The number of carbonyl (C=O) groups excluding carboxylic acids is 2. The van der Waals surface area contributed by atoms with E-state index < -0.39 is 10.8 Å². The van der Waals surface area contributed by atoms with Crippen LogP contribution in [0.15, 0.2) is 0 Å². The first-order valence-electron chi connectivity index (χ1n) is 8.93. The fourth-order valence-electron chi connectivity index (χ4n) is 5.35. The quantitative estimate of drug-likeness (QED) is 0.706. The van der Waals surface area contributed by atoms with Crippen molar-refractivity contribution in [2.45, 2.75) is 64.9 Å². The first-order valence-corrected chi connectivity index (χ1v) is 8.93. The van der Waals surface area contributed by atoms with E-state index in [0.29, 0.717) is 36.1 Å². The summed E-state index contributed by atoms with van der Waals surface area (Å²) in [4.78, 5) is 25.4. The topological polar surface area (TPSA) is 83.8 Å². The van der Waals surface area contributed by atoms with E-state index in [4.69, 9.17) is 4.74 Å². The Morgan fingerprint density at radius 3 is 2.44 bits per heavy atom. The van der Waals surface area contributed by atoms with Crippen LogP contribution in [0.4, 0.5) is 0 Å². The summed E-state index contributed by atoms with van der Waals surface area (Å²) in [7, 11) is 0. The van der Waals surface area contributed by atoms with E-state index in [1.165, 1.54) is 0 Å². The van der Waals surface area contributed by atoms with Crippen molar-refractivity contribution in [1.29, 1.82) is 0 Å². The number of phenolic OH excluding ortho intramolecular Hbond substituents is 2. The van der Waals surface area contributed by atoms with Gasteiger partial charge in [0.1, 0.15) is 17.6 Å². The molecule has 0 spiro atoms. The summed E-state index contributed by atoms with van der Waals surface area (Å²) in [6, 6.07) is 0. The van der Waals surface area contributed by atoms with Gasteiger partial charge in [0.05, 0.1) is 5.56 Å². The van der Waals surface area contributed by atoms with E-state index in [-0.39, 0.29) is 47.1 Å². The minimum atomic E-state index is -0.643. The van der Waals surface area contributed by atoms with Gasteiger partial charge in [-0.3, -0.25) is 9.59 Å². The van der Waals surface area contributed by atoms with E-state index in [1.807, 2.05) is 27.7 Å². The number of hydrogen-bond donors (Lipinski definition) is 2. The molecule has 3 atom stereocenters. The van der Waals surface area contributed by atoms with Crippen LogP contribution >= 0.6 is 0 Å². The predicted molar refractivity (Wildman–Crippen MR) is 91.4 cm³/mol. The number of phenols is 2. The molecule has 0 saturated heterocycles. The lowest BCUT2D eigenvalue weighted by molar-refractivity contribution is -0.136. The third-order valence-corrected chi connectivity index (χ3v) is 6.78. The smallest absolute Gasteiger partial charge is 0.168 e. The molecule has 3 aliphatic rings. The monoisotopic (exact) mass is 344 g/mol. The number of fused-ring (bicyclic) bond motifs is 4. The highest BCUT2D eigenvalue weighted by atomic mass is 16.5. The first-order chi connectivity index (χ1) is 11.6. The third kappa shape index (κ3) is 1.89. The van der Waals surface area contributed by atoms with E-state index in [1.54, 1.807) is 0 Å². The summed E-state index contributed by atoms with van der Waals surface area (Å²) < 4.78 is 5.73. The van der Waals surface area contributed by atoms with Gasteiger partial charge >= 0.3 is 0 Å². The maximum Gasteiger partial charge on any atom is 0.168 e. The van der Waals surface area contributed by atoms with Crippen LogP contribution in [0, 0.1) is 11.3 Å². The molecule has 5 heteroatoms. The van der Waals surface area contributed by atoms with Crippen molar-refractivity contribution < 1.29 is 24.5 Å². The number of Topliss-reactive ketones (excluding diaryl/α,β-unsaturated/α-hetero) is 2. The number of benzene rings is 1. The molecule has 2 N–H and O–H groups in total. The molecule has 0 bridgehead atoms. The number of ether oxygens (including phenoxy) is 1. The molecule has 1 aliphatic heterocycles. The summed E-state index contributed by atoms with van der Waals surface area (Å²) in [5.74, 6) is -0.0303. The van der Waals surface area contributed by atoms with Crippen LogP contribution in [0.5, 0.6) is 17.2 Å². The van der Waals surface area contributed by atoms with Crippen LogP contribution in [0.2, 0.25) is 0 Å². The fourth-order valence-corrected chi connectivity index (χ4v) is 5.35. The van der Waals surface area contributed by atoms with Gasteiger partial charge in [0, 0.05) is 41.2 Å². The van der Waals surface area contributed by atoms with Crippen molar-refractivity contribution in [3.8, 4) is 17.2 Å². The lowest BCUT2D eigenvalue weighted by atomic mass is 9.49. The Labute approximate surface area is 147 Å². The Kier molecular flexibility index (Phi) is 3.14. The molecule has 0 amide bonds. The van der Waals surface area contributed by atoms with Gasteiger partial charge in [-0.25, -0.2) is 0 Å². The molecule has 1 fully saturated rings. The minimum absolute atomic E-state index is 0.0298. The second kappa shape index (κ2) is 4.77. The Balaban J connectivity index is 2.02. The summed E-state index contributed by atoms with van der Waals surface area (Å²) in [5, 5.41) is 21.8. The lowest BCUT2D eigenvalue weighted by Gasteiger charge is -2.52.